The Labute approximate surface area is 81.1 Å². The first-order valence-electron chi connectivity index (χ1n) is 5.16. The van der Waals surface area contributed by atoms with Crippen molar-refractivity contribution in [3.05, 3.63) is 11.1 Å². The van der Waals surface area contributed by atoms with Crippen LogP contribution in [0.15, 0.2) is 11.1 Å². The van der Waals surface area contributed by atoms with Crippen molar-refractivity contribution in [2.75, 3.05) is 13.7 Å². The summed E-state index contributed by atoms with van der Waals surface area (Å²) in [5.41, 5.74) is 9.00. The Morgan fingerprint density at radius 2 is 2.38 bits per heavy atom. The minimum Gasteiger partial charge on any atom is -0.384 e. The molecular formula is C11H21NO. The minimum absolute atomic E-state index is 0.404. The molecule has 2 heteroatoms. The number of hydrogen-bond donors (Lipinski definition) is 1. The van der Waals surface area contributed by atoms with Crippen molar-refractivity contribution >= 4 is 0 Å². The van der Waals surface area contributed by atoms with Gasteiger partial charge in [0.1, 0.15) is 0 Å². The number of methoxy groups -OCH3 is 1. The molecule has 0 spiro atoms. The van der Waals surface area contributed by atoms with Crippen LogP contribution in [0.3, 0.4) is 0 Å². The van der Waals surface area contributed by atoms with E-state index in [0.717, 1.165) is 19.4 Å². The number of rotatable bonds is 3. The summed E-state index contributed by atoms with van der Waals surface area (Å²) in [5.74, 6) is 0. The molecular weight excluding hydrogens is 162 g/mol. The smallest absolute Gasteiger partial charge is 0.0499 e. The molecule has 1 atom stereocenters. The molecule has 0 aliphatic heterocycles. The molecule has 2 nitrogen and oxygen atoms in total. The fourth-order valence-corrected chi connectivity index (χ4v) is 1.92. The van der Waals surface area contributed by atoms with Gasteiger partial charge >= 0.3 is 0 Å². The van der Waals surface area contributed by atoms with Gasteiger partial charge in [-0.2, -0.15) is 0 Å². The minimum atomic E-state index is 0.404. The van der Waals surface area contributed by atoms with Crippen molar-refractivity contribution < 1.29 is 4.74 Å². The second-order valence-electron chi connectivity index (χ2n) is 3.98. The molecule has 0 radical (unpaired) electrons. The highest BCUT2D eigenvalue weighted by atomic mass is 16.5. The monoisotopic (exact) mass is 183 g/mol. The van der Waals surface area contributed by atoms with Gasteiger partial charge in [0.25, 0.3) is 0 Å². The summed E-state index contributed by atoms with van der Waals surface area (Å²) in [6.07, 6.45) is 5.89. The third-order valence-electron chi connectivity index (χ3n) is 2.85. The van der Waals surface area contributed by atoms with Gasteiger partial charge in [0.2, 0.25) is 0 Å². The van der Waals surface area contributed by atoms with Gasteiger partial charge < -0.3 is 10.5 Å². The van der Waals surface area contributed by atoms with Gasteiger partial charge in [-0.1, -0.05) is 11.1 Å². The van der Waals surface area contributed by atoms with Crippen LogP contribution in [0.5, 0.6) is 0 Å². The zero-order valence-electron chi connectivity index (χ0n) is 8.81. The molecule has 0 heterocycles. The molecule has 1 aliphatic carbocycles. The van der Waals surface area contributed by atoms with Gasteiger partial charge in [-0.05, 0) is 39.0 Å². The molecule has 76 valence electrons. The van der Waals surface area contributed by atoms with Crippen molar-refractivity contribution in [1.82, 2.24) is 0 Å². The largest absolute Gasteiger partial charge is 0.384 e. The maximum absolute atomic E-state index is 5.93. The molecule has 0 bridgehead atoms. The average Bonchev–Trinajstić information content (AvgIpc) is 2.14. The molecule has 1 unspecified atom stereocenters. The van der Waals surface area contributed by atoms with Gasteiger partial charge in [-0.25, -0.2) is 0 Å². The molecule has 0 amide bonds. The Balaban J connectivity index is 2.45. The lowest BCUT2D eigenvalue weighted by Gasteiger charge is -2.22. The van der Waals surface area contributed by atoms with E-state index in [4.69, 9.17) is 10.5 Å². The van der Waals surface area contributed by atoms with E-state index in [-0.39, 0.29) is 0 Å². The third kappa shape index (κ3) is 3.49. The molecule has 0 aromatic heterocycles. The second kappa shape index (κ2) is 5.40. The number of ether oxygens (including phenoxy) is 1. The maximum Gasteiger partial charge on any atom is 0.0499 e. The van der Waals surface area contributed by atoms with Crippen molar-refractivity contribution in [2.24, 2.45) is 5.73 Å². The lowest BCUT2D eigenvalue weighted by Crippen LogP contribution is -2.24. The number of nitrogens with two attached hydrogens (primary N) is 1. The summed E-state index contributed by atoms with van der Waals surface area (Å²) in [6.45, 7) is 3.05. The van der Waals surface area contributed by atoms with Crippen LogP contribution in [-0.2, 0) is 4.74 Å². The quantitative estimate of drug-likeness (QED) is 0.681. The van der Waals surface area contributed by atoms with Crippen LogP contribution in [0.2, 0.25) is 0 Å². The van der Waals surface area contributed by atoms with Crippen LogP contribution >= 0.6 is 0 Å². The zero-order chi connectivity index (χ0) is 9.68. The van der Waals surface area contributed by atoms with E-state index in [1.54, 1.807) is 12.7 Å². The Kier molecular flexibility index (Phi) is 4.46. The van der Waals surface area contributed by atoms with Gasteiger partial charge in [0.15, 0.2) is 0 Å². The summed E-state index contributed by atoms with van der Waals surface area (Å²) in [7, 11) is 1.75. The normalized spacial score (nSPS) is 27.5. The first kappa shape index (κ1) is 10.7. The van der Waals surface area contributed by atoms with Gasteiger partial charge in [0.05, 0.1) is 0 Å². The first-order chi connectivity index (χ1) is 6.24. The molecule has 1 saturated carbocycles. The summed E-state index contributed by atoms with van der Waals surface area (Å²) in [4.78, 5) is 0. The summed E-state index contributed by atoms with van der Waals surface area (Å²) >= 11 is 0. The van der Waals surface area contributed by atoms with Crippen molar-refractivity contribution in [3.63, 3.8) is 0 Å². The van der Waals surface area contributed by atoms with E-state index in [1.807, 2.05) is 0 Å². The SMILES string of the molecule is COCC/C(C)=C1/CCCC(N)C1. The lowest BCUT2D eigenvalue weighted by atomic mass is 9.88. The van der Waals surface area contributed by atoms with Gasteiger partial charge in [0, 0.05) is 19.8 Å². The zero-order valence-corrected chi connectivity index (χ0v) is 8.81. The lowest BCUT2D eigenvalue weighted by molar-refractivity contribution is 0.201. The molecule has 13 heavy (non-hydrogen) atoms. The Morgan fingerprint density at radius 3 is 3.00 bits per heavy atom. The molecule has 2 N–H and O–H groups in total. The maximum atomic E-state index is 5.93. The van der Waals surface area contributed by atoms with Crippen LogP contribution < -0.4 is 5.73 Å². The van der Waals surface area contributed by atoms with Crippen LogP contribution in [0.1, 0.15) is 39.0 Å². The molecule has 0 saturated heterocycles. The predicted octanol–water partition coefficient (Wildman–Crippen LogP) is 2.24. The van der Waals surface area contributed by atoms with E-state index in [9.17, 15) is 0 Å². The molecule has 0 aromatic rings. The summed E-state index contributed by atoms with van der Waals surface area (Å²) in [5, 5.41) is 0. The average molecular weight is 183 g/mol. The number of hydrogen-bond acceptors (Lipinski definition) is 2. The van der Waals surface area contributed by atoms with Crippen molar-refractivity contribution in [2.45, 2.75) is 45.1 Å². The van der Waals surface area contributed by atoms with Crippen LogP contribution in [0, 0.1) is 0 Å². The van der Waals surface area contributed by atoms with E-state index < -0.39 is 0 Å². The van der Waals surface area contributed by atoms with Gasteiger partial charge in [-0.15, -0.1) is 0 Å². The fourth-order valence-electron chi connectivity index (χ4n) is 1.92. The van der Waals surface area contributed by atoms with Crippen LogP contribution in [0.25, 0.3) is 0 Å². The van der Waals surface area contributed by atoms with Crippen LogP contribution in [0.4, 0.5) is 0 Å². The van der Waals surface area contributed by atoms with E-state index in [0.29, 0.717) is 6.04 Å². The summed E-state index contributed by atoms with van der Waals surface area (Å²) in [6, 6.07) is 0.404. The fraction of sp³-hybridized carbons (Fsp3) is 0.818. The van der Waals surface area contributed by atoms with E-state index >= 15 is 0 Å². The Bertz CT molecular complexity index is 187. The second-order valence-corrected chi connectivity index (χ2v) is 3.98. The third-order valence-corrected chi connectivity index (χ3v) is 2.85. The standard InChI is InChI=1S/C11H21NO/c1-9(6-7-13-2)10-4-3-5-11(12)8-10/h11H,3-8,12H2,1-2H3/b10-9-. The first-order valence-corrected chi connectivity index (χ1v) is 5.16. The Morgan fingerprint density at radius 1 is 1.62 bits per heavy atom. The highest BCUT2D eigenvalue weighted by Gasteiger charge is 2.14. The highest BCUT2D eigenvalue weighted by molar-refractivity contribution is 5.15. The summed E-state index contributed by atoms with van der Waals surface area (Å²) < 4.78 is 5.06. The molecule has 1 rings (SSSR count). The predicted molar refractivity (Wildman–Crippen MR) is 55.6 cm³/mol. The van der Waals surface area contributed by atoms with E-state index in [1.165, 1.54) is 24.8 Å². The van der Waals surface area contributed by atoms with Crippen molar-refractivity contribution in [1.29, 1.82) is 0 Å². The van der Waals surface area contributed by atoms with Crippen LogP contribution in [-0.4, -0.2) is 19.8 Å². The topological polar surface area (TPSA) is 35.2 Å². The molecule has 1 fully saturated rings. The highest BCUT2D eigenvalue weighted by Crippen LogP contribution is 2.26. The van der Waals surface area contributed by atoms with Crippen molar-refractivity contribution in [3.8, 4) is 0 Å². The van der Waals surface area contributed by atoms with E-state index in [2.05, 4.69) is 6.92 Å². The molecule has 1 aliphatic rings. The van der Waals surface area contributed by atoms with Gasteiger partial charge in [-0.3, -0.25) is 0 Å². The Hall–Kier alpha value is -0.340. The molecule has 0 aromatic carbocycles.